The highest BCUT2D eigenvalue weighted by Gasteiger charge is 2.19. The van der Waals surface area contributed by atoms with Crippen molar-refractivity contribution in [3.05, 3.63) is 28.8 Å². The Morgan fingerprint density at radius 2 is 2.00 bits per heavy atom. The molecular formula is C16H23ClO3. The second-order valence-electron chi connectivity index (χ2n) is 5.72. The Kier molecular flexibility index (Phi) is 5.70. The summed E-state index contributed by atoms with van der Waals surface area (Å²) in [4.78, 5) is 0. The van der Waals surface area contributed by atoms with E-state index in [0.717, 1.165) is 12.0 Å². The molecule has 112 valence electrons. The summed E-state index contributed by atoms with van der Waals surface area (Å²) in [6.45, 7) is 1.96. The van der Waals surface area contributed by atoms with Gasteiger partial charge in [-0.2, -0.15) is 0 Å². The van der Waals surface area contributed by atoms with Crippen LogP contribution in [0.5, 0.6) is 5.75 Å². The van der Waals surface area contributed by atoms with Crippen LogP contribution in [0.4, 0.5) is 0 Å². The van der Waals surface area contributed by atoms with Crippen LogP contribution in [0.25, 0.3) is 0 Å². The van der Waals surface area contributed by atoms with E-state index >= 15 is 0 Å². The summed E-state index contributed by atoms with van der Waals surface area (Å²) in [7, 11) is 0. The first-order valence-corrected chi connectivity index (χ1v) is 7.72. The van der Waals surface area contributed by atoms with Crippen molar-refractivity contribution in [2.75, 3.05) is 6.61 Å². The van der Waals surface area contributed by atoms with Crippen LogP contribution in [0.15, 0.2) is 18.2 Å². The first-order chi connectivity index (χ1) is 9.56. The molecule has 20 heavy (non-hydrogen) atoms. The van der Waals surface area contributed by atoms with Crippen LogP contribution in [0.1, 0.15) is 50.7 Å². The van der Waals surface area contributed by atoms with Gasteiger partial charge < -0.3 is 14.9 Å². The van der Waals surface area contributed by atoms with Crippen molar-refractivity contribution in [2.45, 2.75) is 51.2 Å². The monoisotopic (exact) mass is 298 g/mol. The highest BCUT2D eigenvalue weighted by Crippen LogP contribution is 2.30. The molecule has 0 radical (unpaired) electrons. The molecule has 0 aromatic heterocycles. The van der Waals surface area contributed by atoms with Gasteiger partial charge in [0.1, 0.15) is 12.4 Å². The molecule has 1 aromatic carbocycles. The minimum atomic E-state index is -0.547. The van der Waals surface area contributed by atoms with Crippen molar-refractivity contribution >= 4 is 11.6 Å². The molecule has 0 aliphatic heterocycles. The largest absolute Gasteiger partial charge is 0.489 e. The first-order valence-electron chi connectivity index (χ1n) is 7.34. The maximum atomic E-state index is 10.00. The topological polar surface area (TPSA) is 49.7 Å². The van der Waals surface area contributed by atoms with Crippen molar-refractivity contribution in [2.24, 2.45) is 5.92 Å². The highest BCUT2D eigenvalue weighted by atomic mass is 35.5. The SMILES string of the molecule is CC(O)c1ccc(OCC(O)CC2CCCC2)c(Cl)c1. The second-order valence-corrected chi connectivity index (χ2v) is 6.12. The van der Waals surface area contributed by atoms with Crippen molar-refractivity contribution in [3.63, 3.8) is 0 Å². The number of hydrogen-bond acceptors (Lipinski definition) is 3. The van der Waals surface area contributed by atoms with Crippen LogP contribution in [0, 0.1) is 5.92 Å². The molecule has 4 heteroatoms. The fourth-order valence-electron chi connectivity index (χ4n) is 2.78. The zero-order chi connectivity index (χ0) is 14.5. The summed E-state index contributed by atoms with van der Waals surface area (Å²) in [5.74, 6) is 1.20. The van der Waals surface area contributed by atoms with E-state index in [2.05, 4.69) is 0 Å². The lowest BCUT2D eigenvalue weighted by atomic mass is 10.0. The normalized spacial score (nSPS) is 19.0. The van der Waals surface area contributed by atoms with Crippen LogP contribution >= 0.6 is 11.6 Å². The zero-order valence-corrected chi connectivity index (χ0v) is 12.6. The number of halogens is 1. The Balaban J connectivity index is 1.83. The number of rotatable bonds is 6. The summed E-state index contributed by atoms with van der Waals surface area (Å²) >= 11 is 6.11. The van der Waals surface area contributed by atoms with Crippen LogP contribution in [0.2, 0.25) is 5.02 Å². The lowest BCUT2D eigenvalue weighted by Gasteiger charge is -2.17. The fourth-order valence-corrected chi connectivity index (χ4v) is 3.02. The van der Waals surface area contributed by atoms with Gasteiger partial charge in [0.25, 0.3) is 0 Å². The number of ether oxygens (including phenoxy) is 1. The molecule has 2 rings (SSSR count). The highest BCUT2D eigenvalue weighted by molar-refractivity contribution is 6.32. The van der Waals surface area contributed by atoms with E-state index in [1.54, 1.807) is 25.1 Å². The minimum Gasteiger partial charge on any atom is -0.489 e. The molecule has 0 saturated heterocycles. The fraction of sp³-hybridized carbons (Fsp3) is 0.625. The molecule has 3 nitrogen and oxygen atoms in total. The van der Waals surface area contributed by atoms with Gasteiger partial charge >= 0.3 is 0 Å². The predicted molar refractivity (Wildman–Crippen MR) is 80.2 cm³/mol. The molecule has 1 aliphatic carbocycles. The van der Waals surface area contributed by atoms with Crippen molar-refractivity contribution in [1.29, 1.82) is 0 Å². The van der Waals surface area contributed by atoms with E-state index in [0.29, 0.717) is 16.7 Å². The number of hydrogen-bond donors (Lipinski definition) is 2. The van der Waals surface area contributed by atoms with Gasteiger partial charge in [0.15, 0.2) is 0 Å². The van der Waals surface area contributed by atoms with E-state index in [1.807, 2.05) is 0 Å². The van der Waals surface area contributed by atoms with E-state index < -0.39 is 12.2 Å². The maximum Gasteiger partial charge on any atom is 0.138 e. The van der Waals surface area contributed by atoms with E-state index in [4.69, 9.17) is 16.3 Å². The maximum absolute atomic E-state index is 10.00. The van der Waals surface area contributed by atoms with Gasteiger partial charge in [-0.15, -0.1) is 0 Å². The summed E-state index contributed by atoms with van der Waals surface area (Å²) in [5, 5.41) is 19.9. The van der Waals surface area contributed by atoms with Crippen molar-refractivity contribution in [3.8, 4) is 5.75 Å². The number of aliphatic hydroxyl groups excluding tert-OH is 2. The molecule has 1 saturated carbocycles. The van der Waals surface area contributed by atoms with Gasteiger partial charge in [-0.05, 0) is 37.0 Å². The Bertz CT molecular complexity index is 428. The van der Waals surface area contributed by atoms with Crippen LogP contribution in [-0.4, -0.2) is 22.9 Å². The quantitative estimate of drug-likeness (QED) is 0.841. The standard InChI is InChI=1S/C16H23ClO3/c1-11(18)13-6-7-16(15(17)9-13)20-10-14(19)8-12-4-2-3-5-12/h6-7,9,11-12,14,18-19H,2-5,8,10H2,1H3. The predicted octanol–water partition coefficient (Wildman–Crippen LogP) is 3.71. The number of aliphatic hydroxyl groups is 2. The molecular weight excluding hydrogens is 276 g/mol. The lowest BCUT2D eigenvalue weighted by Crippen LogP contribution is -2.20. The molecule has 0 spiro atoms. The van der Waals surface area contributed by atoms with Crippen LogP contribution < -0.4 is 4.74 Å². The van der Waals surface area contributed by atoms with Crippen LogP contribution in [0.3, 0.4) is 0 Å². The average molecular weight is 299 g/mol. The molecule has 1 aromatic rings. The van der Waals surface area contributed by atoms with E-state index in [1.165, 1.54) is 25.7 Å². The molecule has 0 amide bonds. The van der Waals surface area contributed by atoms with Crippen LogP contribution in [-0.2, 0) is 0 Å². The van der Waals surface area contributed by atoms with Crippen molar-refractivity contribution in [1.82, 2.24) is 0 Å². The molecule has 1 aliphatic rings. The molecule has 1 fully saturated rings. The second kappa shape index (κ2) is 7.30. The van der Waals surface area contributed by atoms with E-state index in [-0.39, 0.29) is 6.61 Å². The number of benzene rings is 1. The Morgan fingerprint density at radius 1 is 1.30 bits per heavy atom. The summed E-state index contributed by atoms with van der Waals surface area (Å²) in [5.41, 5.74) is 0.758. The Labute approximate surface area is 125 Å². The Hall–Kier alpha value is -0.770. The molecule has 2 N–H and O–H groups in total. The van der Waals surface area contributed by atoms with Gasteiger partial charge in [-0.25, -0.2) is 0 Å². The van der Waals surface area contributed by atoms with Gasteiger partial charge in [0, 0.05) is 0 Å². The molecule has 2 atom stereocenters. The zero-order valence-electron chi connectivity index (χ0n) is 11.9. The van der Waals surface area contributed by atoms with Gasteiger partial charge in [-0.3, -0.25) is 0 Å². The third kappa shape index (κ3) is 4.37. The third-order valence-corrected chi connectivity index (χ3v) is 4.25. The van der Waals surface area contributed by atoms with Gasteiger partial charge in [0.2, 0.25) is 0 Å². The summed E-state index contributed by atoms with van der Waals surface area (Å²) < 4.78 is 5.58. The third-order valence-electron chi connectivity index (χ3n) is 3.95. The van der Waals surface area contributed by atoms with Gasteiger partial charge in [-0.1, -0.05) is 43.4 Å². The molecule has 0 bridgehead atoms. The average Bonchev–Trinajstić information content (AvgIpc) is 2.90. The smallest absolute Gasteiger partial charge is 0.138 e. The summed E-state index contributed by atoms with van der Waals surface area (Å²) in [6.07, 6.45) is 4.83. The van der Waals surface area contributed by atoms with Crippen molar-refractivity contribution < 1.29 is 14.9 Å². The molecule has 0 heterocycles. The minimum absolute atomic E-state index is 0.268. The summed E-state index contributed by atoms with van der Waals surface area (Å²) in [6, 6.07) is 5.23. The lowest BCUT2D eigenvalue weighted by molar-refractivity contribution is 0.0855. The molecule has 2 unspecified atom stereocenters. The first kappa shape index (κ1) is 15.6. The Morgan fingerprint density at radius 3 is 2.60 bits per heavy atom. The van der Waals surface area contributed by atoms with E-state index in [9.17, 15) is 10.2 Å². The van der Waals surface area contributed by atoms with Gasteiger partial charge in [0.05, 0.1) is 17.2 Å².